The van der Waals surface area contributed by atoms with Gasteiger partial charge in [-0.3, -0.25) is 14.6 Å². The summed E-state index contributed by atoms with van der Waals surface area (Å²) in [7, 11) is 1.85. The maximum absolute atomic E-state index is 12.5. The van der Waals surface area contributed by atoms with Gasteiger partial charge in [-0.1, -0.05) is 0 Å². The number of rotatable bonds is 5. The lowest BCUT2D eigenvalue weighted by molar-refractivity contribution is 0.0935. The molecule has 144 valence electrons. The number of carbonyl (C=O) groups excluding carboxylic acids is 1. The number of fused-ring (bicyclic) bond motifs is 1. The molecule has 8 nitrogen and oxygen atoms in total. The fourth-order valence-corrected chi connectivity index (χ4v) is 3.20. The predicted molar refractivity (Wildman–Crippen MR) is 106 cm³/mol. The summed E-state index contributed by atoms with van der Waals surface area (Å²) in [5, 5.41) is 14.2. The third-order valence-electron chi connectivity index (χ3n) is 5.01. The van der Waals surface area contributed by atoms with Gasteiger partial charge in [0.1, 0.15) is 5.69 Å². The molecule has 1 amide bonds. The average molecular weight is 377 g/mol. The Morgan fingerprint density at radius 2 is 2.04 bits per heavy atom. The highest BCUT2D eigenvalue weighted by molar-refractivity contribution is 5.92. The van der Waals surface area contributed by atoms with Gasteiger partial charge >= 0.3 is 0 Å². The second-order valence-electron chi connectivity index (χ2n) is 7.22. The molecule has 0 spiro atoms. The van der Waals surface area contributed by atoms with E-state index in [2.05, 4.69) is 56.1 Å². The largest absolute Gasteiger partial charge is 0.344 e. The molecule has 0 aliphatic heterocycles. The minimum atomic E-state index is -0.221. The summed E-state index contributed by atoms with van der Waals surface area (Å²) >= 11 is 0. The summed E-state index contributed by atoms with van der Waals surface area (Å²) < 4.78 is 3.76. The first kappa shape index (κ1) is 18.0. The molecule has 0 unspecified atom stereocenters. The molecule has 0 saturated heterocycles. The molecule has 2 N–H and O–H groups in total. The Labute approximate surface area is 162 Å². The van der Waals surface area contributed by atoms with Crippen molar-refractivity contribution < 1.29 is 4.79 Å². The van der Waals surface area contributed by atoms with Gasteiger partial charge in [-0.15, -0.1) is 0 Å². The van der Waals surface area contributed by atoms with Crippen LogP contribution in [0.5, 0.6) is 0 Å². The Bertz CT molecular complexity index is 1150. The van der Waals surface area contributed by atoms with E-state index >= 15 is 0 Å². The maximum Gasteiger partial charge on any atom is 0.272 e. The molecule has 0 fully saturated rings. The standard InChI is InChI=1S/C20H23N7O/c1-12-5-17-19(6-13(12)2)27(11-21-17)10-16-7-18(25-24-16)20(28)23-14(3)15-8-22-26(4)9-15/h5-9,11,14H,10H2,1-4H3,(H,23,28)(H,24,25)/t14-/m1/s1. The van der Waals surface area contributed by atoms with Crippen LogP contribution in [0.1, 0.15) is 45.8 Å². The fourth-order valence-electron chi connectivity index (χ4n) is 3.20. The topological polar surface area (TPSA) is 93.4 Å². The third kappa shape index (κ3) is 3.40. The van der Waals surface area contributed by atoms with Crippen LogP contribution in [0, 0.1) is 13.8 Å². The molecular formula is C20H23N7O. The molecule has 0 radical (unpaired) electrons. The van der Waals surface area contributed by atoms with Crippen LogP contribution in [0.4, 0.5) is 0 Å². The van der Waals surface area contributed by atoms with Crippen molar-refractivity contribution in [1.29, 1.82) is 0 Å². The highest BCUT2D eigenvalue weighted by atomic mass is 16.2. The Balaban J connectivity index is 1.48. The minimum Gasteiger partial charge on any atom is -0.344 e. The van der Waals surface area contributed by atoms with Crippen molar-refractivity contribution in [3.05, 3.63) is 65.0 Å². The molecule has 3 aromatic heterocycles. The van der Waals surface area contributed by atoms with Crippen molar-refractivity contribution in [1.82, 2.24) is 34.8 Å². The van der Waals surface area contributed by atoms with Crippen molar-refractivity contribution in [2.24, 2.45) is 7.05 Å². The zero-order valence-electron chi connectivity index (χ0n) is 16.4. The lowest BCUT2D eigenvalue weighted by atomic mass is 10.1. The molecule has 0 aliphatic rings. The molecule has 1 atom stereocenters. The number of hydrogen-bond donors (Lipinski definition) is 2. The number of nitrogens with zero attached hydrogens (tertiary/aromatic N) is 5. The number of imidazole rings is 1. The van der Waals surface area contributed by atoms with Gasteiger partial charge in [0.05, 0.1) is 41.8 Å². The minimum absolute atomic E-state index is 0.148. The Morgan fingerprint density at radius 3 is 2.79 bits per heavy atom. The van der Waals surface area contributed by atoms with Gasteiger partial charge in [-0.25, -0.2) is 4.98 Å². The zero-order valence-corrected chi connectivity index (χ0v) is 16.4. The number of aromatic nitrogens is 6. The summed E-state index contributed by atoms with van der Waals surface area (Å²) in [6, 6.07) is 5.85. The van der Waals surface area contributed by atoms with Gasteiger partial charge in [-0.2, -0.15) is 10.2 Å². The van der Waals surface area contributed by atoms with Gasteiger partial charge in [0.25, 0.3) is 5.91 Å². The number of aromatic amines is 1. The van der Waals surface area contributed by atoms with E-state index in [4.69, 9.17) is 0 Å². The number of aryl methyl sites for hydroxylation is 3. The first-order chi connectivity index (χ1) is 13.4. The molecule has 28 heavy (non-hydrogen) atoms. The molecule has 0 bridgehead atoms. The fraction of sp³-hybridized carbons (Fsp3) is 0.300. The Morgan fingerprint density at radius 1 is 1.25 bits per heavy atom. The Hall–Kier alpha value is -3.42. The van der Waals surface area contributed by atoms with Crippen LogP contribution in [0.15, 0.2) is 36.9 Å². The van der Waals surface area contributed by atoms with E-state index in [9.17, 15) is 4.79 Å². The van der Waals surface area contributed by atoms with E-state index in [0.29, 0.717) is 12.2 Å². The summed E-state index contributed by atoms with van der Waals surface area (Å²) in [5.41, 5.74) is 6.63. The van der Waals surface area contributed by atoms with Gasteiger partial charge in [0, 0.05) is 18.8 Å². The molecule has 4 aromatic rings. The second kappa shape index (κ2) is 6.95. The SMILES string of the molecule is Cc1cc2ncn(Cc3cc(C(=O)N[C@H](C)c4cnn(C)c4)n[nH]3)c2cc1C. The number of nitrogens with one attached hydrogen (secondary N) is 2. The summed E-state index contributed by atoms with van der Waals surface area (Å²) in [5.74, 6) is -0.221. The monoisotopic (exact) mass is 377 g/mol. The molecule has 4 rings (SSSR count). The lowest BCUT2D eigenvalue weighted by Crippen LogP contribution is -2.26. The van der Waals surface area contributed by atoms with E-state index in [1.807, 2.05) is 26.5 Å². The summed E-state index contributed by atoms with van der Waals surface area (Å²) in [6.45, 7) is 6.66. The van der Waals surface area contributed by atoms with Crippen LogP contribution < -0.4 is 5.32 Å². The molecular weight excluding hydrogens is 354 g/mol. The number of amides is 1. The summed E-state index contributed by atoms with van der Waals surface area (Å²) in [6.07, 6.45) is 5.44. The quantitative estimate of drug-likeness (QED) is 0.559. The number of hydrogen-bond acceptors (Lipinski definition) is 4. The first-order valence-electron chi connectivity index (χ1n) is 9.16. The van der Waals surface area contributed by atoms with Gasteiger partial charge in [-0.05, 0) is 50.1 Å². The van der Waals surface area contributed by atoms with Gasteiger partial charge in [0.15, 0.2) is 0 Å². The van der Waals surface area contributed by atoms with Crippen molar-refractivity contribution in [2.45, 2.75) is 33.4 Å². The van der Waals surface area contributed by atoms with Crippen LogP contribution in [-0.2, 0) is 13.6 Å². The molecule has 3 heterocycles. The first-order valence-corrected chi connectivity index (χ1v) is 9.16. The van der Waals surface area contributed by atoms with Crippen molar-refractivity contribution in [2.75, 3.05) is 0 Å². The predicted octanol–water partition coefficient (Wildman–Crippen LogP) is 2.65. The maximum atomic E-state index is 12.5. The van der Waals surface area contributed by atoms with Crippen molar-refractivity contribution >= 4 is 16.9 Å². The van der Waals surface area contributed by atoms with E-state index in [1.54, 1.807) is 16.9 Å². The number of benzene rings is 1. The highest BCUT2D eigenvalue weighted by Gasteiger charge is 2.16. The normalized spacial score (nSPS) is 12.4. The van der Waals surface area contributed by atoms with Crippen LogP contribution in [0.3, 0.4) is 0 Å². The average Bonchev–Trinajstić information content (AvgIpc) is 3.37. The van der Waals surface area contributed by atoms with Crippen molar-refractivity contribution in [3.63, 3.8) is 0 Å². The molecule has 1 aromatic carbocycles. The van der Waals surface area contributed by atoms with E-state index in [-0.39, 0.29) is 11.9 Å². The molecule has 0 aliphatic carbocycles. The van der Waals surface area contributed by atoms with Crippen LogP contribution in [-0.4, -0.2) is 35.4 Å². The van der Waals surface area contributed by atoms with Crippen LogP contribution >= 0.6 is 0 Å². The Kier molecular flexibility index (Phi) is 4.46. The van der Waals surface area contributed by atoms with E-state index in [0.717, 1.165) is 22.3 Å². The van der Waals surface area contributed by atoms with Crippen molar-refractivity contribution in [3.8, 4) is 0 Å². The smallest absolute Gasteiger partial charge is 0.272 e. The van der Waals surface area contributed by atoms with Gasteiger partial charge < -0.3 is 9.88 Å². The third-order valence-corrected chi connectivity index (χ3v) is 5.01. The van der Waals surface area contributed by atoms with Crippen LogP contribution in [0.25, 0.3) is 11.0 Å². The van der Waals surface area contributed by atoms with Gasteiger partial charge in [0.2, 0.25) is 0 Å². The second-order valence-corrected chi connectivity index (χ2v) is 7.22. The highest BCUT2D eigenvalue weighted by Crippen LogP contribution is 2.19. The van der Waals surface area contributed by atoms with Crippen LogP contribution in [0.2, 0.25) is 0 Å². The lowest BCUT2D eigenvalue weighted by Gasteiger charge is -2.10. The number of carbonyl (C=O) groups is 1. The van der Waals surface area contributed by atoms with E-state index in [1.165, 1.54) is 11.1 Å². The zero-order chi connectivity index (χ0) is 19.8. The van der Waals surface area contributed by atoms with E-state index < -0.39 is 0 Å². The number of H-pyrrole nitrogens is 1. The summed E-state index contributed by atoms with van der Waals surface area (Å²) in [4.78, 5) is 17.0. The molecule has 0 saturated carbocycles. The molecule has 8 heteroatoms.